The summed E-state index contributed by atoms with van der Waals surface area (Å²) in [6.07, 6.45) is 0. The zero-order valence-electron chi connectivity index (χ0n) is 9.55. The van der Waals surface area contributed by atoms with Gasteiger partial charge in [0.15, 0.2) is 11.6 Å². The fraction of sp³-hybridized carbons (Fsp3) is 0.182. The van der Waals surface area contributed by atoms with Gasteiger partial charge in [0.05, 0.1) is 17.1 Å². The van der Waals surface area contributed by atoms with Crippen LogP contribution in [0.3, 0.4) is 0 Å². The molecule has 1 aromatic heterocycles. The van der Waals surface area contributed by atoms with Gasteiger partial charge in [-0.05, 0) is 18.2 Å². The lowest BCUT2D eigenvalue weighted by atomic mass is 10.1. The Balaban J connectivity index is 2.71. The van der Waals surface area contributed by atoms with Crippen LogP contribution in [-0.2, 0) is 12.5 Å². The van der Waals surface area contributed by atoms with E-state index in [1.54, 1.807) is 12.1 Å². The summed E-state index contributed by atoms with van der Waals surface area (Å²) in [6, 6.07) is 4.77. The van der Waals surface area contributed by atoms with E-state index in [-0.39, 0.29) is 23.9 Å². The van der Waals surface area contributed by atoms with Gasteiger partial charge < -0.3 is 10.2 Å². The highest BCUT2D eigenvalue weighted by molar-refractivity contribution is 9.10. The first-order valence-corrected chi connectivity index (χ1v) is 6.54. The van der Waals surface area contributed by atoms with Crippen molar-refractivity contribution in [3.63, 3.8) is 0 Å². The van der Waals surface area contributed by atoms with Crippen molar-refractivity contribution in [2.45, 2.75) is 12.5 Å². The molecule has 2 aromatic rings. The monoisotopic (exact) mass is 345 g/mol. The lowest BCUT2D eigenvalue weighted by Crippen LogP contribution is -2.10. The second kappa shape index (κ2) is 5.68. The smallest absolute Gasteiger partial charge is 0.337 e. The maximum atomic E-state index is 11.3. The number of aliphatic hydroxyl groups excluding tert-OH is 1. The van der Waals surface area contributed by atoms with Crippen LogP contribution >= 0.6 is 27.5 Å². The predicted octanol–water partition coefficient (Wildman–Crippen LogP) is 1.96. The molecule has 0 aliphatic rings. The Kier molecular flexibility index (Phi) is 4.18. The number of nitrogens with zero attached hydrogens (tertiary/aromatic N) is 3. The lowest BCUT2D eigenvalue weighted by Gasteiger charge is -2.11. The number of carbonyl (C=O) groups is 1. The molecule has 0 saturated heterocycles. The molecule has 0 radical (unpaired) electrons. The minimum absolute atomic E-state index is 0.0577. The highest BCUT2D eigenvalue weighted by atomic mass is 79.9. The van der Waals surface area contributed by atoms with Gasteiger partial charge in [0.2, 0.25) is 0 Å². The Morgan fingerprint density at radius 2 is 2.05 bits per heavy atom. The van der Waals surface area contributed by atoms with Crippen molar-refractivity contribution in [1.82, 2.24) is 14.8 Å². The summed E-state index contributed by atoms with van der Waals surface area (Å²) in [5.41, 5.74) is 0.427. The number of hydrogen-bond donors (Lipinski definition) is 2. The van der Waals surface area contributed by atoms with Crippen LogP contribution in [-0.4, -0.2) is 30.9 Å². The second-order valence-corrected chi connectivity index (χ2v) is 4.81. The third-order valence-corrected chi connectivity index (χ3v) is 3.22. The molecule has 2 rings (SSSR count). The first-order valence-electron chi connectivity index (χ1n) is 5.21. The van der Waals surface area contributed by atoms with Gasteiger partial charge in [-0.25, -0.2) is 4.79 Å². The summed E-state index contributed by atoms with van der Waals surface area (Å²) in [6.45, 7) is -0.362. The van der Waals surface area contributed by atoms with Crippen LogP contribution < -0.4 is 0 Å². The lowest BCUT2D eigenvalue weighted by molar-refractivity contribution is 0.0696. The van der Waals surface area contributed by atoms with Crippen molar-refractivity contribution in [1.29, 1.82) is 0 Å². The Labute approximate surface area is 121 Å². The molecule has 0 atom stereocenters. The van der Waals surface area contributed by atoms with Gasteiger partial charge in [-0.3, -0.25) is 4.57 Å². The van der Waals surface area contributed by atoms with Crippen molar-refractivity contribution < 1.29 is 15.0 Å². The topological polar surface area (TPSA) is 88.2 Å². The van der Waals surface area contributed by atoms with Crippen molar-refractivity contribution >= 4 is 33.5 Å². The number of rotatable bonds is 4. The van der Waals surface area contributed by atoms with Gasteiger partial charge in [0.1, 0.15) is 6.61 Å². The highest BCUT2D eigenvalue weighted by Gasteiger charge is 2.18. The van der Waals surface area contributed by atoms with E-state index in [2.05, 4.69) is 26.1 Å². The molecular formula is C11H9BrClN3O3. The molecule has 0 saturated carbocycles. The quantitative estimate of drug-likeness (QED) is 0.826. The number of aromatic nitrogens is 3. The number of hydrogen-bond acceptors (Lipinski definition) is 4. The van der Waals surface area contributed by atoms with E-state index in [9.17, 15) is 15.0 Å². The largest absolute Gasteiger partial charge is 0.478 e. The molecular weight excluding hydrogens is 337 g/mol. The summed E-state index contributed by atoms with van der Waals surface area (Å²) in [5, 5.41) is 26.1. The molecule has 1 aromatic carbocycles. The SMILES string of the molecule is O=C(O)c1cc(Br)ccc1-n1c(CO)nnc1CCl. The Morgan fingerprint density at radius 3 is 2.63 bits per heavy atom. The fourth-order valence-electron chi connectivity index (χ4n) is 1.70. The van der Waals surface area contributed by atoms with E-state index in [1.165, 1.54) is 10.6 Å². The van der Waals surface area contributed by atoms with Crippen molar-refractivity contribution in [2.75, 3.05) is 0 Å². The summed E-state index contributed by atoms with van der Waals surface area (Å²) < 4.78 is 2.09. The molecule has 100 valence electrons. The van der Waals surface area contributed by atoms with Gasteiger partial charge in [0.25, 0.3) is 0 Å². The molecule has 0 spiro atoms. The molecule has 0 unspecified atom stereocenters. The minimum atomic E-state index is -1.09. The van der Waals surface area contributed by atoms with Crippen LogP contribution in [0, 0.1) is 0 Å². The van der Waals surface area contributed by atoms with E-state index >= 15 is 0 Å². The molecule has 0 aliphatic heterocycles. The molecule has 1 heterocycles. The Hall–Kier alpha value is -1.44. The van der Waals surface area contributed by atoms with Crippen LogP contribution in [0.15, 0.2) is 22.7 Å². The van der Waals surface area contributed by atoms with Gasteiger partial charge in [-0.1, -0.05) is 15.9 Å². The van der Waals surface area contributed by atoms with E-state index in [0.29, 0.717) is 16.0 Å². The van der Waals surface area contributed by atoms with Crippen molar-refractivity contribution in [2.24, 2.45) is 0 Å². The number of aromatic carboxylic acids is 1. The van der Waals surface area contributed by atoms with Crippen LogP contribution in [0.4, 0.5) is 0 Å². The second-order valence-electron chi connectivity index (χ2n) is 3.63. The number of benzene rings is 1. The molecule has 0 amide bonds. The zero-order valence-corrected chi connectivity index (χ0v) is 11.9. The first kappa shape index (κ1) is 14.0. The third-order valence-electron chi connectivity index (χ3n) is 2.49. The number of halogens is 2. The molecule has 19 heavy (non-hydrogen) atoms. The van der Waals surface area contributed by atoms with E-state index in [4.69, 9.17) is 11.6 Å². The molecule has 0 aliphatic carbocycles. The van der Waals surface area contributed by atoms with Gasteiger partial charge in [-0.2, -0.15) is 0 Å². The maximum absolute atomic E-state index is 11.3. The highest BCUT2D eigenvalue weighted by Crippen LogP contribution is 2.23. The predicted molar refractivity (Wildman–Crippen MR) is 71.5 cm³/mol. The molecule has 8 heteroatoms. The van der Waals surface area contributed by atoms with E-state index in [0.717, 1.165) is 0 Å². The van der Waals surface area contributed by atoms with Crippen molar-refractivity contribution in [3.05, 3.63) is 39.9 Å². The van der Waals surface area contributed by atoms with Crippen LogP contribution in [0.25, 0.3) is 5.69 Å². The Bertz CT molecular complexity index is 608. The summed E-state index contributed by atoms with van der Waals surface area (Å²) >= 11 is 8.97. The van der Waals surface area contributed by atoms with Crippen LogP contribution in [0.2, 0.25) is 0 Å². The minimum Gasteiger partial charge on any atom is -0.478 e. The third kappa shape index (κ3) is 2.63. The summed E-state index contributed by atoms with van der Waals surface area (Å²) in [4.78, 5) is 11.3. The number of aliphatic hydroxyl groups is 1. The fourth-order valence-corrected chi connectivity index (χ4v) is 2.23. The standard InChI is InChI=1S/C11H9BrClN3O3/c12-6-1-2-8(7(3-6)11(18)19)16-9(4-13)14-15-10(16)5-17/h1-3,17H,4-5H2,(H,18,19). The Morgan fingerprint density at radius 1 is 1.37 bits per heavy atom. The number of carboxylic acids is 1. The average Bonchev–Trinajstić information content (AvgIpc) is 2.81. The molecule has 2 N–H and O–H groups in total. The number of alkyl halides is 1. The van der Waals surface area contributed by atoms with Gasteiger partial charge >= 0.3 is 5.97 Å². The molecule has 0 fully saturated rings. The summed E-state index contributed by atoms with van der Waals surface area (Å²) in [7, 11) is 0. The zero-order chi connectivity index (χ0) is 14.0. The number of carboxylic acid groups (broad SMARTS) is 1. The van der Waals surface area contributed by atoms with Crippen molar-refractivity contribution in [3.8, 4) is 5.69 Å². The average molecular weight is 347 g/mol. The normalized spacial score (nSPS) is 10.7. The summed E-state index contributed by atoms with van der Waals surface area (Å²) in [5.74, 6) is -0.423. The van der Waals surface area contributed by atoms with Gasteiger partial charge in [-0.15, -0.1) is 21.8 Å². The van der Waals surface area contributed by atoms with E-state index in [1.807, 2.05) is 0 Å². The van der Waals surface area contributed by atoms with E-state index < -0.39 is 5.97 Å². The molecule has 0 bridgehead atoms. The maximum Gasteiger partial charge on any atom is 0.337 e. The first-order chi connectivity index (χ1) is 9.08. The van der Waals surface area contributed by atoms with Crippen LogP contribution in [0.1, 0.15) is 22.0 Å². The van der Waals surface area contributed by atoms with Crippen LogP contribution in [0.5, 0.6) is 0 Å². The molecule has 6 nitrogen and oxygen atoms in total. The van der Waals surface area contributed by atoms with Gasteiger partial charge in [0, 0.05) is 4.47 Å².